The fourth-order valence-corrected chi connectivity index (χ4v) is 5.60. The monoisotopic (exact) mass is 421 g/mol. The third-order valence-electron chi connectivity index (χ3n) is 7.40. The lowest BCUT2D eigenvalue weighted by Crippen LogP contribution is -2.60. The van der Waals surface area contributed by atoms with Gasteiger partial charge in [-0.1, -0.05) is 42.4 Å². The van der Waals surface area contributed by atoms with E-state index >= 15 is 0 Å². The van der Waals surface area contributed by atoms with Crippen molar-refractivity contribution in [3.8, 4) is 0 Å². The molecule has 4 N–H and O–H groups in total. The van der Waals surface area contributed by atoms with Gasteiger partial charge < -0.3 is 11.1 Å². The summed E-state index contributed by atoms with van der Waals surface area (Å²) in [6, 6.07) is 10.7. The molecule has 2 aromatic rings. The summed E-state index contributed by atoms with van der Waals surface area (Å²) in [5, 5.41) is 11.4. The van der Waals surface area contributed by atoms with Gasteiger partial charge in [0, 0.05) is 42.7 Å². The van der Waals surface area contributed by atoms with Crippen molar-refractivity contribution >= 4 is 17.2 Å². The maximum absolute atomic E-state index is 6.83. The fourth-order valence-electron chi connectivity index (χ4n) is 5.30. The van der Waals surface area contributed by atoms with Gasteiger partial charge in [-0.05, 0) is 54.9 Å². The van der Waals surface area contributed by atoms with Crippen LogP contribution in [0.4, 0.5) is 0 Å². The molecule has 6 heteroatoms. The highest BCUT2D eigenvalue weighted by Crippen LogP contribution is 2.51. The Bertz CT molecular complexity index is 1030. The molecule has 1 saturated heterocycles. The highest BCUT2D eigenvalue weighted by molar-refractivity contribution is 6.31. The molecule has 1 unspecified atom stereocenters. The van der Waals surface area contributed by atoms with Crippen LogP contribution in [-0.4, -0.2) is 33.8 Å². The van der Waals surface area contributed by atoms with Gasteiger partial charge >= 0.3 is 0 Å². The van der Waals surface area contributed by atoms with Crippen molar-refractivity contribution in [3.63, 3.8) is 0 Å². The van der Waals surface area contributed by atoms with E-state index in [0.717, 1.165) is 54.2 Å². The molecule has 1 fully saturated rings. The van der Waals surface area contributed by atoms with Crippen molar-refractivity contribution in [3.05, 3.63) is 82.8 Å². The normalized spacial score (nSPS) is 27.9. The molecule has 1 aliphatic carbocycles. The van der Waals surface area contributed by atoms with Gasteiger partial charge in [0.05, 0.1) is 10.7 Å². The number of benzene rings is 1. The molecule has 0 radical (unpaired) electrons. The second kappa shape index (κ2) is 7.12. The number of allylic oxidation sites excluding steroid dienone is 3. The van der Waals surface area contributed by atoms with E-state index in [9.17, 15) is 0 Å². The number of aromatic nitrogens is 2. The maximum Gasteiger partial charge on any atom is 0.125 e. The number of nitrogens with two attached hydrogens (primary N) is 1. The smallest absolute Gasteiger partial charge is 0.125 e. The Kier molecular flexibility index (Phi) is 4.65. The minimum atomic E-state index is -0.423. The first-order chi connectivity index (χ1) is 14.4. The van der Waals surface area contributed by atoms with Gasteiger partial charge in [-0.25, -0.2) is 0 Å². The van der Waals surface area contributed by atoms with Gasteiger partial charge in [-0.2, -0.15) is 5.10 Å². The standard InChI is InChI=1S/C24H28ClN5/c1-16(20-7-10-28-29-20)18-13-21(25)23(2,27-15-18)30-11-8-24(9-12-30)14-17-5-3-4-6-19(17)22(24)26/h3-7,10,13,15,22,27H,1,8-9,11-12,14,26H2,2H3,(H,28,29)/t22?,23-/m0/s1. The van der Waals surface area contributed by atoms with E-state index < -0.39 is 5.66 Å². The lowest BCUT2D eigenvalue weighted by molar-refractivity contribution is 0.0275. The summed E-state index contributed by atoms with van der Waals surface area (Å²) in [5.74, 6) is 0. The predicted molar refractivity (Wildman–Crippen MR) is 121 cm³/mol. The van der Waals surface area contributed by atoms with Gasteiger partial charge in [0.1, 0.15) is 5.66 Å². The average molecular weight is 422 g/mol. The molecule has 1 aromatic heterocycles. The van der Waals surface area contributed by atoms with Crippen LogP contribution in [0.15, 0.2) is 66.0 Å². The van der Waals surface area contributed by atoms with Crippen LogP contribution in [0.3, 0.4) is 0 Å². The number of hydrogen-bond donors (Lipinski definition) is 3. The van der Waals surface area contributed by atoms with Gasteiger partial charge in [-0.3, -0.25) is 10.00 Å². The molecule has 30 heavy (non-hydrogen) atoms. The van der Waals surface area contributed by atoms with Crippen LogP contribution < -0.4 is 11.1 Å². The molecule has 0 bridgehead atoms. The molecule has 2 aliphatic heterocycles. The van der Waals surface area contributed by atoms with Crippen LogP contribution in [-0.2, 0) is 6.42 Å². The Labute approximate surface area is 182 Å². The summed E-state index contributed by atoms with van der Waals surface area (Å²) in [6.45, 7) is 8.23. The molecule has 5 nitrogen and oxygen atoms in total. The minimum Gasteiger partial charge on any atom is -0.368 e. The molecule has 0 amide bonds. The van der Waals surface area contributed by atoms with Gasteiger partial charge in [0.2, 0.25) is 0 Å². The maximum atomic E-state index is 6.83. The first-order valence-electron chi connectivity index (χ1n) is 10.6. The summed E-state index contributed by atoms with van der Waals surface area (Å²) < 4.78 is 0. The number of aromatic amines is 1. The molecule has 0 saturated carbocycles. The van der Waals surface area contributed by atoms with E-state index in [1.807, 2.05) is 18.3 Å². The SMILES string of the molecule is C=C(C1=CN[C@@](C)(N2CCC3(CC2)Cc2ccccc2C3N)C(Cl)=C1)c1cc[nH]n1. The van der Waals surface area contributed by atoms with E-state index in [1.165, 1.54) is 11.1 Å². The number of fused-ring (bicyclic) bond motifs is 1. The number of piperidine rings is 1. The number of dihydropyridines is 1. The zero-order chi connectivity index (χ0) is 20.9. The number of H-pyrrole nitrogens is 1. The van der Waals surface area contributed by atoms with Crippen LogP contribution in [0, 0.1) is 5.41 Å². The summed E-state index contributed by atoms with van der Waals surface area (Å²) in [5.41, 5.74) is 11.8. The largest absolute Gasteiger partial charge is 0.368 e. The lowest BCUT2D eigenvalue weighted by atomic mass is 9.72. The molecule has 3 heterocycles. The summed E-state index contributed by atoms with van der Waals surface area (Å²) in [6.07, 6.45) is 9.03. The van der Waals surface area contributed by atoms with E-state index in [0.29, 0.717) is 0 Å². The first kappa shape index (κ1) is 19.6. The van der Waals surface area contributed by atoms with E-state index in [4.69, 9.17) is 17.3 Å². The Hall–Kier alpha value is -2.34. The number of halogens is 1. The molecular formula is C24H28ClN5. The number of nitrogens with zero attached hydrogens (tertiary/aromatic N) is 2. The van der Waals surface area contributed by atoms with E-state index in [1.54, 1.807) is 6.20 Å². The number of hydrogen-bond acceptors (Lipinski definition) is 4. The quantitative estimate of drug-likeness (QED) is 0.698. The molecule has 3 aliphatic rings. The van der Waals surface area contributed by atoms with Crippen molar-refractivity contribution in [1.29, 1.82) is 0 Å². The van der Waals surface area contributed by atoms with Crippen molar-refractivity contribution in [2.45, 2.75) is 37.9 Å². The second-order valence-corrected chi connectivity index (χ2v) is 9.36. The third kappa shape index (κ3) is 2.96. The Morgan fingerprint density at radius 1 is 1.27 bits per heavy atom. The van der Waals surface area contributed by atoms with Crippen LogP contribution in [0.2, 0.25) is 0 Å². The fraction of sp³-hybridized carbons (Fsp3) is 0.375. The number of rotatable bonds is 3. The second-order valence-electron chi connectivity index (χ2n) is 8.95. The minimum absolute atomic E-state index is 0.123. The Balaban J connectivity index is 1.30. The Morgan fingerprint density at radius 3 is 2.70 bits per heavy atom. The zero-order valence-corrected chi connectivity index (χ0v) is 18.0. The van der Waals surface area contributed by atoms with Crippen molar-refractivity contribution < 1.29 is 0 Å². The molecule has 1 spiro atoms. The lowest BCUT2D eigenvalue weighted by Gasteiger charge is -2.50. The van der Waals surface area contributed by atoms with Crippen LogP contribution in [0.1, 0.15) is 42.6 Å². The number of likely N-dealkylation sites (tertiary alicyclic amines) is 1. The summed E-state index contributed by atoms with van der Waals surface area (Å²) in [7, 11) is 0. The van der Waals surface area contributed by atoms with Crippen molar-refractivity contribution in [2.24, 2.45) is 11.1 Å². The predicted octanol–water partition coefficient (Wildman–Crippen LogP) is 4.09. The molecule has 5 rings (SSSR count). The molecular weight excluding hydrogens is 394 g/mol. The Morgan fingerprint density at radius 2 is 2.03 bits per heavy atom. The first-order valence-corrected chi connectivity index (χ1v) is 10.9. The van der Waals surface area contributed by atoms with E-state index in [-0.39, 0.29) is 11.5 Å². The summed E-state index contributed by atoms with van der Waals surface area (Å²) in [4.78, 5) is 2.44. The van der Waals surface area contributed by atoms with Gasteiger partial charge in [-0.15, -0.1) is 0 Å². The average Bonchev–Trinajstić information content (AvgIpc) is 3.38. The van der Waals surface area contributed by atoms with Crippen LogP contribution >= 0.6 is 11.6 Å². The molecule has 156 valence electrons. The van der Waals surface area contributed by atoms with Crippen LogP contribution in [0.5, 0.6) is 0 Å². The highest BCUT2D eigenvalue weighted by atomic mass is 35.5. The van der Waals surface area contributed by atoms with Gasteiger partial charge in [0.15, 0.2) is 0 Å². The third-order valence-corrected chi connectivity index (χ3v) is 7.88. The van der Waals surface area contributed by atoms with Crippen LogP contribution in [0.25, 0.3) is 5.57 Å². The molecule has 1 aromatic carbocycles. The molecule has 2 atom stereocenters. The number of nitrogens with one attached hydrogen (secondary N) is 2. The zero-order valence-electron chi connectivity index (χ0n) is 17.3. The van der Waals surface area contributed by atoms with E-state index in [2.05, 4.69) is 58.2 Å². The van der Waals surface area contributed by atoms with Gasteiger partial charge in [0.25, 0.3) is 0 Å². The van der Waals surface area contributed by atoms with Crippen molar-refractivity contribution in [1.82, 2.24) is 20.4 Å². The topological polar surface area (TPSA) is 70.0 Å². The van der Waals surface area contributed by atoms with Crippen molar-refractivity contribution in [2.75, 3.05) is 13.1 Å². The summed E-state index contributed by atoms with van der Waals surface area (Å²) >= 11 is 6.83. The highest BCUT2D eigenvalue weighted by Gasteiger charge is 2.48.